The maximum atomic E-state index is 10.4. The zero-order valence-corrected chi connectivity index (χ0v) is 14.7. The summed E-state index contributed by atoms with van der Waals surface area (Å²) in [6, 6.07) is 0. The topological polar surface area (TPSA) is 62.4 Å². The van der Waals surface area contributed by atoms with Gasteiger partial charge in [-0.25, -0.2) is 0 Å². The molecule has 3 unspecified atom stereocenters. The van der Waals surface area contributed by atoms with Crippen molar-refractivity contribution < 1.29 is 19.4 Å². The second-order valence-electron chi connectivity index (χ2n) is 7.40. The van der Waals surface area contributed by atoms with Crippen LogP contribution < -0.4 is 0 Å². The molecule has 0 aromatic heterocycles. The van der Waals surface area contributed by atoms with Gasteiger partial charge in [0, 0.05) is 12.8 Å². The Kier molecular flexibility index (Phi) is 7.84. The van der Waals surface area contributed by atoms with Crippen molar-refractivity contribution in [3.05, 3.63) is 0 Å². The highest BCUT2D eigenvalue weighted by atomic mass is 16.6. The molecule has 134 valence electrons. The van der Waals surface area contributed by atoms with Crippen LogP contribution in [0.5, 0.6) is 0 Å². The molecule has 0 aromatic rings. The van der Waals surface area contributed by atoms with Crippen LogP contribution in [-0.2, 0) is 14.3 Å². The van der Waals surface area contributed by atoms with Gasteiger partial charge in [-0.1, -0.05) is 58.3 Å². The lowest BCUT2D eigenvalue weighted by atomic mass is 9.95. The average Bonchev–Trinajstić information content (AvgIpc) is 3.43. The minimum atomic E-state index is -0.676. The highest BCUT2D eigenvalue weighted by Crippen LogP contribution is 2.44. The van der Waals surface area contributed by atoms with Gasteiger partial charge in [-0.05, 0) is 19.3 Å². The zero-order valence-electron chi connectivity index (χ0n) is 14.7. The van der Waals surface area contributed by atoms with E-state index >= 15 is 0 Å². The Morgan fingerprint density at radius 3 is 2.43 bits per heavy atom. The van der Waals surface area contributed by atoms with Crippen LogP contribution in [0.2, 0.25) is 0 Å². The molecule has 4 nitrogen and oxygen atoms in total. The molecule has 2 saturated heterocycles. The number of aliphatic carboxylic acids is 1. The largest absolute Gasteiger partial charge is 0.481 e. The van der Waals surface area contributed by atoms with E-state index in [-0.39, 0.29) is 5.60 Å². The van der Waals surface area contributed by atoms with Crippen LogP contribution in [0, 0.1) is 0 Å². The van der Waals surface area contributed by atoms with Crippen LogP contribution in [-0.4, -0.2) is 35.5 Å². The van der Waals surface area contributed by atoms with Crippen molar-refractivity contribution in [3.63, 3.8) is 0 Å². The molecule has 4 heteroatoms. The minimum Gasteiger partial charge on any atom is -0.481 e. The van der Waals surface area contributed by atoms with Crippen LogP contribution >= 0.6 is 0 Å². The lowest BCUT2D eigenvalue weighted by molar-refractivity contribution is -0.137. The van der Waals surface area contributed by atoms with Gasteiger partial charge in [-0.3, -0.25) is 4.79 Å². The third-order valence-corrected chi connectivity index (χ3v) is 5.18. The Hall–Kier alpha value is -0.610. The van der Waals surface area contributed by atoms with E-state index in [1.54, 1.807) is 0 Å². The summed E-state index contributed by atoms with van der Waals surface area (Å²) in [4.78, 5) is 10.4. The summed E-state index contributed by atoms with van der Waals surface area (Å²) < 4.78 is 11.6. The van der Waals surface area contributed by atoms with Crippen molar-refractivity contribution in [2.75, 3.05) is 6.61 Å². The van der Waals surface area contributed by atoms with Crippen LogP contribution in [0.1, 0.15) is 90.4 Å². The zero-order chi connectivity index (χ0) is 16.5. The lowest BCUT2D eigenvalue weighted by Gasteiger charge is -2.09. The van der Waals surface area contributed by atoms with E-state index in [4.69, 9.17) is 14.6 Å². The first-order chi connectivity index (χ1) is 11.2. The first-order valence-electron chi connectivity index (χ1n) is 9.66. The number of hydrogen-bond donors (Lipinski definition) is 1. The van der Waals surface area contributed by atoms with Crippen molar-refractivity contribution >= 4 is 5.97 Å². The Bertz CT molecular complexity index is 351. The van der Waals surface area contributed by atoms with Crippen molar-refractivity contribution in [1.82, 2.24) is 0 Å². The van der Waals surface area contributed by atoms with Crippen molar-refractivity contribution in [2.24, 2.45) is 0 Å². The van der Waals surface area contributed by atoms with Crippen molar-refractivity contribution in [2.45, 2.75) is 108 Å². The van der Waals surface area contributed by atoms with Crippen LogP contribution in [0.25, 0.3) is 0 Å². The number of unbranched alkanes of at least 4 members (excludes halogenated alkanes) is 7. The fraction of sp³-hybridized carbons (Fsp3) is 0.947. The molecular weight excluding hydrogens is 292 g/mol. The normalized spacial score (nSPS) is 28.7. The standard InChI is InChI=1S/C19H34O4/c1-2-3-4-10-13-19(15-22-19)14-17-16(23-17)11-8-6-5-7-9-12-18(20)21/h16-17H,2-15H2,1H3,(H,20,21). The summed E-state index contributed by atoms with van der Waals surface area (Å²) in [6.45, 7) is 3.19. The summed E-state index contributed by atoms with van der Waals surface area (Å²) in [5.74, 6) is -0.676. The highest BCUT2D eigenvalue weighted by molar-refractivity contribution is 5.66. The predicted molar refractivity (Wildman–Crippen MR) is 90.7 cm³/mol. The first kappa shape index (κ1) is 18.7. The summed E-state index contributed by atoms with van der Waals surface area (Å²) >= 11 is 0. The molecule has 1 N–H and O–H groups in total. The third-order valence-electron chi connectivity index (χ3n) is 5.18. The molecule has 2 heterocycles. The van der Waals surface area contributed by atoms with Gasteiger partial charge in [-0.2, -0.15) is 0 Å². The highest BCUT2D eigenvalue weighted by Gasteiger charge is 2.51. The maximum absolute atomic E-state index is 10.4. The molecule has 0 amide bonds. The Balaban J connectivity index is 1.42. The number of carbonyl (C=O) groups is 1. The molecular formula is C19H34O4. The Labute approximate surface area is 140 Å². The smallest absolute Gasteiger partial charge is 0.303 e. The number of rotatable bonds is 15. The summed E-state index contributed by atoms with van der Waals surface area (Å²) in [7, 11) is 0. The first-order valence-corrected chi connectivity index (χ1v) is 9.66. The SMILES string of the molecule is CCCCCCC1(CC2OC2CCCCCCCC(=O)O)CO1. The third kappa shape index (κ3) is 7.67. The minimum absolute atomic E-state index is 0.171. The molecule has 2 aliphatic rings. The molecule has 0 radical (unpaired) electrons. The molecule has 3 atom stereocenters. The average molecular weight is 326 g/mol. The molecule has 0 bridgehead atoms. The van der Waals surface area contributed by atoms with E-state index in [0.717, 1.165) is 38.7 Å². The number of carboxylic acid groups (broad SMARTS) is 1. The quantitative estimate of drug-likeness (QED) is 0.350. The molecule has 0 aromatic carbocycles. The number of epoxide rings is 2. The summed E-state index contributed by atoms with van der Waals surface area (Å²) in [6.07, 6.45) is 15.4. The molecule has 23 heavy (non-hydrogen) atoms. The fourth-order valence-electron chi connectivity index (χ4n) is 3.47. The van der Waals surface area contributed by atoms with E-state index in [0.29, 0.717) is 18.6 Å². The van der Waals surface area contributed by atoms with Gasteiger partial charge in [0.1, 0.15) is 0 Å². The summed E-state index contributed by atoms with van der Waals surface area (Å²) in [5, 5.41) is 8.58. The van der Waals surface area contributed by atoms with Crippen molar-refractivity contribution in [1.29, 1.82) is 0 Å². The van der Waals surface area contributed by atoms with E-state index in [1.165, 1.54) is 44.9 Å². The van der Waals surface area contributed by atoms with E-state index < -0.39 is 5.97 Å². The van der Waals surface area contributed by atoms with Crippen LogP contribution in [0.4, 0.5) is 0 Å². The molecule has 2 rings (SSSR count). The van der Waals surface area contributed by atoms with Crippen LogP contribution in [0.15, 0.2) is 0 Å². The van der Waals surface area contributed by atoms with Crippen LogP contribution in [0.3, 0.4) is 0 Å². The molecule has 0 aliphatic carbocycles. The van der Waals surface area contributed by atoms with Gasteiger partial charge in [0.15, 0.2) is 0 Å². The molecule has 0 saturated carbocycles. The Morgan fingerprint density at radius 2 is 1.74 bits per heavy atom. The Morgan fingerprint density at radius 1 is 1.04 bits per heavy atom. The number of carboxylic acids is 1. The second kappa shape index (κ2) is 9.63. The van der Waals surface area contributed by atoms with Gasteiger partial charge in [0.05, 0.1) is 24.4 Å². The molecule has 0 spiro atoms. The number of ether oxygens (including phenoxy) is 2. The fourth-order valence-corrected chi connectivity index (χ4v) is 3.47. The van der Waals surface area contributed by atoms with E-state index in [2.05, 4.69) is 6.92 Å². The second-order valence-corrected chi connectivity index (χ2v) is 7.40. The lowest BCUT2D eigenvalue weighted by Crippen LogP contribution is -2.15. The van der Waals surface area contributed by atoms with Gasteiger partial charge in [-0.15, -0.1) is 0 Å². The predicted octanol–water partition coefficient (Wildman–Crippen LogP) is 4.70. The van der Waals surface area contributed by atoms with E-state index in [9.17, 15) is 4.79 Å². The van der Waals surface area contributed by atoms with Gasteiger partial charge in [0.2, 0.25) is 0 Å². The van der Waals surface area contributed by atoms with Crippen molar-refractivity contribution in [3.8, 4) is 0 Å². The number of hydrogen-bond acceptors (Lipinski definition) is 3. The van der Waals surface area contributed by atoms with Gasteiger partial charge < -0.3 is 14.6 Å². The van der Waals surface area contributed by atoms with Gasteiger partial charge in [0.25, 0.3) is 0 Å². The molecule has 2 fully saturated rings. The summed E-state index contributed by atoms with van der Waals surface area (Å²) in [5.41, 5.74) is 0.171. The molecule has 2 aliphatic heterocycles. The van der Waals surface area contributed by atoms with E-state index in [1.807, 2.05) is 0 Å². The maximum Gasteiger partial charge on any atom is 0.303 e. The van der Waals surface area contributed by atoms with Gasteiger partial charge >= 0.3 is 5.97 Å². The monoisotopic (exact) mass is 326 g/mol.